The maximum absolute atomic E-state index is 12.0. The Morgan fingerprint density at radius 2 is 1.86 bits per heavy atom. The molecule has 3 aliphatic carbocycles. The van der Waals surface area contributed by atoms with Crippen LogP contribution in [0.4, 0.5) is 0 Å². The summed E-state index contributed by atoms with van der Waals surface area (Å²) in [5, 5.41) is 2.95. The van der Waals surface area contributed by atoms with Crippen molar-refractivity contribution in [3.8, 4) is 0 Å². The van der Waals surface area contributed by atoms with Gasteiger partial charge in [0.1, 0.15) is 0 Å². The van der Waals surface area contributed by atoms with Crippen molar-refractivity contribution in [1.29, 1.82) is 0 Å². The van der Waals surface area contributed by atoms with E-state index in [1.54, 1.807) is 0 Å². The highest BCUT2D eigenvalue weighted by Crippen LogP contribution is 2.50. The minimum Gasteiger partial charge on any atom is -0.354 e. The Hall–Kier alpha value is -0.570. The fraction of sp³-hybridized carbons (Fsp3) is 0.909. The van der Waals surface area contributed by atoms with Crippen molar-refractivity contribution < 1.29 is 4.79 Å². The zero-order valence-electron chi connectivity index (χ0n) is 8.72. The topological polar surface area (TPSA) is 55.1 Å². The van der Waals surface area contributed by atoms with Crippen LogP contribution in [-0.2, 0) is 4.79 Å². The molecule has 14 heavy (non-hydrogen) atoms. The van der Waals surface area contributed by atoms with Gasteiger partial charge in [0, 0.05) is 18.5 Å². The molecule has 0 unspecified atom stereocenters. The van der Waals surface area contributed by atoms with Gasteiger partial charge in [-0.25, -0.2) is 0 Å². The van der Waals surface area contributed by atoms with Crippen LogP contribution in [0.3, 0.4) is 0 Å². The average Bonchev–Trinajstić information content (AvgIpc) is 2.28. The summed E-state index contributed by atoms with van der Waals surface area (Å²) in [4.78, 5) is 12.0. The van der Waals surface area contributed by atoms with Gasteiger partial charge in [-0.2, -0.15) is 0 Å². The molecule has 2 bridgehead atoms. The third kappa shape index (κ3) is 1.65. The number of carbonyl (C=O) groups excluding carboxylic acids is 1. The lowest BCUT2D eigenvalue weighted by molar-refractivity contribution is -0.136. The highest BCUT2D eigenvalue weighted by molar-refractivity contribution is 5.82. The molecule has 0 atom stereocenters. The van der Waals surface area contributed by atoms with E-state index in [1.807, 2.05) is 0 Å². The Kier molecular flexibility index (Phi) is 2.77. The smallest absolute Gasteiger partial charge is 0.226 e. The van der Waals surface area contributed by atoms with Crippen LogP contribution >= 0.6 is 0 Å². The fourth-order valence-corrected chi connectivity index (χ4v) is 2.96. The molecule has 0 aromatic carbocycles. The maximum atomic E-state index is 12.0. The number of rotatable bonds is 3. The van der Waals surface area contributed by atoms with E-state index < -0.39 is 0 Å². The lowest BCUT2D eigenvalue weighted by Crippen LogP contribution is -2.47. The second-order valence-electron chi connectivity index (χ2n) is 4.81. The third-order valence-electron chi connectivity index (χ3n) is 4.00. The minimum atomic E-state index is -0.01000. The number of fused-ring (bicyclic) bond motifs is 3. The molecule has 0 aliphatic heterocycles. The SMILES string of the molecule is NCCNC(=O)C12CCC(CC1)CC2. The predicted molar refractivity (Wildman–Crippen MR) is 55.7 cm³/mol. The first-order valence-corrected chi connectivity index (χ1v) is 5.75. The van der Waals surface area contributed by atoms with Gasteiger partial charge in [-0.15, -0.1) is 0 Å². The van der Waals surface area contributed by atoms with Gasteiger partial charge in [-0.05, 0) is 44.4 Å². The van der Waals surface area contributed by atoms with E-state index in [2.05, 4.69) is 5.32 Å². The molecule has 3 nitrogen and oxygen atoms in total. The quantitative estimate of drug-likeness (QED) is 0.708. The van der Waals surface area contributed by atoms with Crippen LogP contribution in [0.25, 0.3) is 0 Å². The highest BCUT2D eigenvalue weighted by Gasteiger charge is 2.45. The molecule has 1 amide bonds. The summed E-state index contributed by atoms with van der Waals surface area (Å²) in [7, 11) is 0. The van der Waals surface area contributed by atoms with E-state index in [-0.39, 0.29) is 11.3 Å². The normalized spacial score (nSPS) is 35.6. The Balaban J connectivity index is 1.96. The van der Waals surface area contributed by atoms with Crippen molar-refractivity contribution in [1.82, 2.24) is 5.32 Å². The van der Waals surface area contributed by atoms with E-state index in [4.69, 9.17) is 5.73 Å². The zero-order chi connectivity index (χ0) is 10.0. The second-order valence-corrected chi connectivity index (χ2v) is 4.81. The summed E-state index contributed by atoms with van der Waals surface area (Å²) in [5.41, 5.74) is 5.38. The summed E-state index contributed by atoms with van der Waals surface area (Å²) in [5.74, 6) is 1.18. The van der Waals surface area contributed by atoms with Crippen LogP contribution in [0.2, 0.25) is 0 Å². The van der Waals surface area contributed by atoms with Gasteiger partial charge in [-0.3, -0.25) is 4.79 Å². The predicted octanol–water partition coefficient (Wildman–Crippen LogP) is 1.03. The lowest BCUT2D eigenvalue weighted by atomic mass is 9.60. The van der Waals surface area contributed by atoms with Crippen LogP contribution in [-0.4, -0.2) is 19.0 Å². The van der Waals surface area contributed by atoms with E-state index in [1.165, 1.54) is 19.3 Å². The van der Waals surface area contributed by atoms with Crippen LogP contribution in [0.5, 0.6) is 0 Å². The number of nitrogens with two attached hydrogens (primary N) is 1. The molecule has 0 aromatic heterocycles. The van der Waals surface area contributed by atoms with Gasteiger partial charge in [0.15, 0.2) is 0 Å². The first-order valence-electron chi connectivity index (χ1n) is 5.75. The molecule has 3 N–H and O–H groups in total. The van der Waals surface area contributed by atoms with Crippen LogP contribution in [0, 0.1) is 11.3 Å². The first kappa shape index (κ1) is 9.97. The Labute approximate surface area is 85.4 Å². The van der Waals surface area contributed by atoms with Crippen molar-refractivity contribution in [2.24, 2.45) is 17.1 Å². The van der Waals surface area contributed by atoms with Gasteiger partial charge in [0.25, 0.3) is 0 Å². The van der Waals surface area contributed by atoms with Gasteiger partial charge < -0.3 is 11.1 Å². The molecule has 3 fully saturated rings. The molecule has 80 valence electrons. The molecule has 0 radical (unpaired) electrons. The molecule has 0 spiro atoms. The molecular formula is C11H20N2O. The highest BCUT2D eigenvalue weighted by atomic mass is 16.2. The van der Waals surface area contributed by atoms with Crippen molar-refractivity contribution in [3.63, 3.8) is 0 Å². The molecule has 3 aliphatic rings. The Bertz CT molecular complexity index is 206. The average molecular weight is 196 g/mol. The fourth-order valence-electron chi connectivity index (χ4n) is 2.96. The second kappa shape index (κ2) is 3.89. The number of carbonyl (C=O) groups is 1. The van der Waals surface area contributed by atoms with Gasteiger partial charge in [0.2, 0.25) is 5.91 Å². The van der Waals surface area contributed by atoms with E-state index >= 15 is 0 Å². The van der Waals surface area contributed by atoms with Gasteiger partial charge in [-0.1, -0.05) is 0 Å². The molecule has 0 saturated heterocycles. The number of hydrogen-bond acceptors (Lipinski definition) is 2. The van der Waals surface area contributed by atoms with E-state index in [0.717, 1.165) is 25.2 Å². The third-order valence-corrected chi connectivity index (χ3v) is 4.00. The number of hydrogen-bond donors (Lipinski definition) is 2. The monoisotopic (exact) mass is 196 g/mol. The van der Waals surface area contributed by atoms with Crippen molar-refractivity contribution >= 4 is 5.91 Å². The summed E-state index contributed by atoms with van der Waals surface area (Å²) in [6, 6.07) is 0. The lowest BCUT2D eigenvalue weighted by Gasteiger charge is -2.45. The van der Waals surface area contributed by atoms with Crippen molar-refractivity contribution in [2.75, 3.05) is 13.1 Å². The summed E-state index contributed by atoms with van der Waals surface area (Å²) >= 11 is 0. The zero-order valence-corrected chi connectivity index (χ0v) is 8.72. The minimum absolute atomic E-state index is 0.01000. The Morgan fingerprint density at radius 3 is 2.36 bits per heavy atom. The number of amides is 1. The van der Waals surface area contributed by atoms with Gasteiger partial charge >= 0.3 is 0 Å². The van der Waals surface area contributed by atoms with Gasteiger partial charge in [0.05, 0.1) is 0 Å². The van der Waals surface area contributed by atoms with Crippen LogP contribution in [0.1, 0.15) is 38.5 Å². The van der Waals surface area contributed by atoms with Crippen LogP contribution in [0.15, 0.2) is 0 Å². The summed E-state index contributed by atoms with van der Waals surface area (Å²) in [6.45, 7) is 1.18. The molecule has 3 heteroatoms. The largest absolute Gasteiger partial charge is 0.354 e. The standard InChI is InChI=1S/C11H20N2O/c12-7-8-13-10(14)11-4-1-9(2-5-11)3-6-11/h9H,1-8,12H2,(H,13,14). The number of nitrogens with one attached hydrogen (secondary N) is 1. The van der Waals surface area contributed by atoms with E-state index in [0.29, 0.717) is 13.1 Å². The van der Waals surface area contributed by atoms with Crippen molar-refractivity contribution in [3.05, 3.63) is 0 Å². The summed E-state index contributed by atoms with van der Waals surface area (Å²) < 4.78 is 0. The summed E-state index contributed by atoms with van der Waals surface area (Å²) in [6.07, 6.45) is 7.10. The first-order chi connectivity index (χ1) is 6.77. The van der Waals surface area contributed by atoms with Crippen LogP contribution < -0.4 is 11.1 Å². The maximum Gasteiger partial charge on any atom is 0.226 e. The molecule has 0 heterocycles. The van der Waals surface area contributed by atoms with E-state index in [9.17, 15) is 4.79 Å². The molecule has 0 aromatic rings. The Morgan fingerprint density at radius 1 is 1.29 bits per heavy atom. The van der Waals surface area contributed by atoms with Crippen molar-refractivity contribution in [2.45, 2.75) is 38.5 Å². The molecule has 3 rings (SSSR count). The molecule has 3 saturated carbocycles. The molecular weight excluding hydrogens is 176 g/mol.